The van der Waals surface area contributed by atoms with Gasteiger partial charge >= 0.3 is 0 Å². The van der Waals surface area contributed by atoms with Crippen LogP contribution in [0.5, 0.6) is 0 Å². The number of rotatable bonds is 0. The summed E-state index contributed by atoms with van der Waals surface area (Å²) in [5, 5.41) is 37.1. The van der Waals surface area contributed by atoms with Crippen LogP contribution in [0.2, 0.25) is 0 Å². The maximum atomic E-state index is 9.00. The zero-order chi connectivity index (χ0) is 17.9. The van der Waals surface area contributed by atoms with E-state index in [1.165, 1.54) is 0 Å². The van der Waals surface area contributed by atoms with E-state index in [0.29, 0.717) is 0 Å². The summed E-state index contributed by atoms with van der Waals surface area (Å²) >= 11 is 0. The third kappa shape index (κ3) is 2220. The van der Waals surface area contributed by atoms with Crippen molar-refractivity contribution in [3.63, 3.8) is 0 Å². The second-order valence-corrected chi connectivity index (χ2v) is 2.60. The van der Waals surface area contributed by atoms with Crippen molar-refractivity contribution in [3.8, 4) is 0 Å². The van der Waals surface area contributed by atoms with Crippen LogP contribution in [0.1, 0.15) is 34.6 Å². The fourth-order valence-corrected chi connectivity index (χ4v) is 0. The number of carbonyl (C=O) groups is 5. The minimum atomic E-state index is -0.833. The predicted octanol–water partition coefficient (Wildman–Crippen LogP) is 0.450. The van der Waals surface area contributed by atoms with Gasteiger partial charge in [-0.25, -0.2) is 0 Å². The van der Waals surface area contributed by atoms with Crippen LogP contribution in [0.4, 0.5) is 0 Å². The number of hydrogen-bond donors (Lipinski definition) is 5. The molecule has 5 N–H and O–H groups in total. The average Bonchev–Trinajstić information content (AvgIpc) is 1.94. The molecule has 0 heterocycles. The van der Waals surface area contributed by atoms with Gasteiger partial charge in [0.15, 0.2) is 0 Å². The summed E-state index contributed by atoms with van der Waals surface area (Å²) in [4.78, 5) is 45.0. The second kappa shape index (κ2) is 36.6. The number of carboxylic acid groups (broad SMARTS) is 5. The minimum absolute atomic E-state index is 0. The van der Waals surface area contributed by atoms with Crippen LogP contribution in [-0.4, -0.2) is 55.4 Å². The molecule has 10 nitrogen and oxygen atoms in total. The molecular weight excluding hydrogens is 384 g/mol. The molecule has 0 spiro atoms. The largest absolute Gasteiger partial charge is 0.481 e. The van der Waals surface area contributed by atoms with Gasteiger partial charge in [-0.2, -0.15) is 0 Å². The third-order valence-electron chi connectivity index (χ3n) is 0. The van der Waals surface area contributed by atoms with Crippen LogP contribution in [0.15, 0.2) is 0 Å². The van der Waals surface area contributed by atoms with Crippen molar-refractivity contribution in [2.45, 2.75) is 34.6 Å². The van der Waals surface area contributed by atoms with Crippen molar-refractivity contribution in [2.75, 3.05) is 0 Å². The standard InChI is InChI=1S/5C2H4O2.2Cr/c5*1-2(3)4;;/h5*1H3,(H,3,4);;. The van der Waals surface area contributed by atoms with Crippen LogP contribution in [0.25, 0.3) is 0 Å². The first-order valence-electron chi connectivity index (χ1n) is 4.64. The maximum Gasteiger partial charge on any atom is 0.300 e. The molecule has 0 aromatic rings. The van der Waals surface area contributed by atoms with Gasteiger partial charge in [-0.15, -0.1) is 0 Å². The molecule has 0 bridgehead atoms. The molecule has 0 unspecified atom stereocenters. The predicted molar refractivity (Wildman–Crippen MR) is 66.5 cm³/mol. The Morgan fingerprint density at radius 1 is 0.409 bits per heavy atom. The van der Waals surface area contributed by atoms with E-state index in [2.05, 4.69) is 0 Å². The van der Waals surface area contributed by atoms with Crippen molar-refractivity contribution in [1.82, 2.24) is 0 Å². The molecule has 0 saturated heterocycles. The molecule has 0 aliphatic carbocycles. The van der Waals surface area contributed by atoms with Gasteiger partial charge in [-0.1, -0.05) is 0 Å². The van der Waals surface area contributed by atoms with E-state index in [9.17, 15) is 0 Å². The summed E-state index contributed by atoms with van der Waals surface area (Å²) in [6.45, 7) is 5.42. The minimum Gasteiger partial charge on any atom is -0.481 e. The monoisotopic (exact) mass is 404 g/mol. The Bertz CT molecular complexity index is 214. The topological polar surface area (TPSA) is 186 Å². The van der Waals surface area contributed by atoms with Gasteiger partial charge in [-0.3, -0.25) is 24.0 Å². The van der Waals surface area contributed by atoms with Crippen LogP contribution in [0, 0.1) is 0 Å². The van der Waals surface area contributed by atoms with Crippen LogP contribution < -0.4 is 0 Å². The van der Waals surface area contributed by atoms with Crippen LogP contribution >= 0.6 is 0 Å². The molecule has 0 aromatic carbocycles. The molecule has 0 fully saturated rings. The van der Waals surface area contributed by atoms with Crippen molar-refractivity contribution >= 4 is 29.8 Å². The summed E-state index contributed by atoms with van der Waals surface area (Å²) in [7, 11) is 0. The zero-order valence-electron chi connectivity index (χ0n) is 12.6. The fraction of sp³-hybridized carbons (Fsp3) is 0.500. The fourth-order valence-electron chi connectivity index (χ4n) is 0. The summed E-state index contributed by atoms with van der Waals surface area (Å²) in [6.07, 6.45) is 0. The maximum absolute atomic E-state index is 9.00. The van der Waals surface area contributed by atoms with E-state index in [1.54, 1.807) is 0 Å². The smallest absolute Gasteiger partial charge is 0.300 e. The Kier molecular flexibility index (Phi) is 71.1. The van der Waals surface area contributed by atoms with Crippen molar-refractivity contribution in [3.05, 3.63) is 0 Å². The van der Waals surface area contributed by atoms with Gasteiger partial charge in [0.05, 0.1) is 0 Å². The van der Waals surface area contributed by atoms with Crippen LogP contribution in [-0.2, 0) is 58.7 Å². The Labute approximate surface area is 149 Å². The molecule has 132 valence electrons. The summed E-state index contributed by atoms with van der Waals surface area (Å²) in [5.74, 6) is -4.17. The zero-order valence-corrected chi connectivity index (χ0v) is 15.1. The summed E-state index contributed by atoms with van der Waals surface area (Å²) < 4.78 is 0. The SMILES string of the molecule is CC(=O)O.CC(=O)O.CC(=O)O.CC(=O)O.CC(=O)O.[Cr].[Cr]. The van der Waals surface area contributed by atoms with Gasteiger partial charge in [0, 0.05) is 69.3 Å². The van der Waals surface area contributed by atoms with Gasteiger partial charge in [0.25, 0.3) is 29.8 Å². The quantitative estimate of drug-likeness (QED) is 0.379. The van der Waals surface area contributed by atoms with Gasteiger partial charge in [0.1, 0.15) is 0 Å². The Balaban J connectivity index is -0.0000000250. The molecule has 0 saturated carbocycles. The van der Waals surface area contributed by atoms with E-state index in [4.69, 9.17) is 49.5 Å². The van der Waals surface area contributed by atoms with Crippen LogP contribution in [0.3, 0.4) is 0 Å². The molecule has 0 atom stereocenters. The Hall–Kier alpha value is -1.59. The summed E-state index contributed by atoms with van der Waals surface area (Å²) in [6, 6.07) is 0. The third-order valence-corrected chi connectivity index (χ3v) is 0. The first-order valence-corrected chi connectivity index (χ1v) is 4.64. The Morgan fingerprint density at radius 2 is 0.409 bits per heavy atom. The van der Waals surface area contributed by atoms with Gasteiger partial charge in [0.2, 0.25) is 0 Å². The van der Waals surface area contributed by atoms with Gasteiger partial charge in [-0.05, 0) is 0 Å². The average molecular weight is 404 g/mol. The molecule has 12 heteroatoms. The van der Waals surface area contributed by atoms with Gasteiger partial charge < -0.3 is 25.5 Å². The molecule has 0 aliphatic heterocycles. The molecule has 0 aliphatic rings. The molecule has 0 rings (SSSR count). The Morgan fingerprint density at radius 3 is 0.409 bits per heavy atom. The van der Waals surface area contributed by atoms with E-state index in [-0.39, 0.29) is 34.7 Å². The second-order valence-electron chi connectivity index (χ2n) is 2.60. The number of carboxylic acids is 5. The van der Waals surface area contributed by atoms with E-state index in [1.807, 2.05) is 0 Å². The first kappa shape index (κ1) is 42.8. The molecular formula is C10H20Cr2O10. The normalized spacial score (nSPS) is 5.68. The number of hydrogen-bond acceptors (Lipinski definition) is 5. The molecule has 0 aromatic heterocycles. The summed E-state index contributed by atoms with van der Waals surface area (Å²) in [5.41, 5.74) is 0. The number of aliphatic carboxylic acids is 5. The van der Waals surface area contributed by atoms with E-state index in [0.717, 1.165) is 34.6 Å². The van der Waals surface area contributed by atoms with Crippen molar-refractivity contribution in [1.29, 1.82) is 0 Å². The first-order chi connectivity index (χ1) is 8.66. The molecule has 0 amide bonds. The van der Waals surface area contributed by atoms with E-state index >= 15 is 0 Å². The van der Waals surface area contributed by atoms with E-state index < -0.39 is 29.8 Å². The molecule has 22 heavy (non-hydrogen) atoms. The van der Waals surface area contributed by atoms with Crippen molar-refractivity contribution in [2.24, 2.45) is 0 Å². The molecule has 0 radical (unpaired) electrons. The van der Waals surface area contributed by atoms with Crippen molar-refractivity contribution < 1.29 is 84.2 Å².